The molecule has 3 aliphatic rings. The molecular weight excluding hydrogens is 595 g/mol. The monoisotopic (exact) mass is 632 g/mol. The fourth-order valence-electron chi connectivity index (χ4n) is 8.11. The number of halogens is 2. The first kappa shape index (κ1) is 31.7. The fraction of sp³-hybridized carbons (Fsp3) is 0.581. The maximum absolute atomic E-state index is 13.6. The summed E-state index contributed by atoms with van der Waals surface area (Å²) in [5.74, 6) is -2.38. The molecule has 12 heteroatoms. The van der Waals surface area contributed by atoms with Gasteiger partial charge in [0.05, 0.1) is 22.4 Å². The Morgan fingerprint density at radius 1 is 1.33 bits per heavy atom. The third-order valence-electron chi connectivity index (χ3n) is 10.9. The highest BCUT2D eigenvalue weighted by Crippen LogP contribution is 2.68. The van der Waals surface area contributed by atoms with E-state index in [0.29, 0.717) is 12.8 Å². The number of carbonyl (C=O) groups excluding carboxylic acids is 3. The highest BCUT2D eigenvalue weighted by molar-refractivity contribution is 7.99. The lowest BCUT2D eigenvalue weighted by Crippen LogP contribution is -2.63. The van der Waals surface area contributed by atoms with Crippen LogP contribution in [0.25, 0.3) is 0 Å². The molecule has 0 unspecified atom stereocenters. The third-order valence-corrected chi connectivity index (χ3v) is 12.0. The summed E-state index contributed by atoms with van der Waals surface area (Å²) in [6, 6.07) is 3.34. The van der Waals surface area contributed by atoms with Gasteiger partial charge in [0.15, 0.2) is 0 Å². The molecule has 232 valence electrons. The van der Waals surface area contributed by atoms with Crippen molar-refractivity contribution in [3.05, 3.63) is 47.3 Å². The highest BCUT2D eigenvalue weighted by atomic mass is 35.5. The zero-order valence-corrected chi connectivity index (χ0v) is 26.4. The number of aromatic nitrogens is 3. The molecule has 1 heterocycles. The minimum absolute atomic E-state index is 0.00550. The summed E-state index contributed by atoms with van der Waals surface area (Å²) in [6.07, 6.45) is 3.58. The second-order valence-corrected chi connectivity index (χ2v) is 14.3. The number of hydrogen-bond donors (Lipinski definition) is 2. The average molecular weight is 633 g/mol. The number of nitrogens with zero attached hydrogens (tertiary/aromatic N) is 3. The van der Waals surface area contributed by atoms with Gasteiger partial charge in [0.1, 0.15) is 17.7 Å². The van der Waals surface area contributed by atoms with Gasteiger partial charge in [-0.3, -0.25) is 14.4 Å². The lowest BCUT2D eigenvalue weighted by atomic mass is 9.44. The SMILES string of the molecule is C=C[C@]1(C)C[C@@H](OC(=O)CSc2nc(N)n(C(=O)c3ccc(F)cc3Cl)n2)[C@]2(C)[C@H](C)CC[C@]3(CCC(=O)[C@H]32)[C@@H](C)[C@@H]1O. The van der Waals surface area contributed by atoms with E-state index in [9.17, 15) is 23.9 Å². The van der Waals surface area contributed by atoms with Crippen molar-refractivity contribution in [2.75, 3.05) is 11.5 Å². The standard InChI is InChI=1S/C31H38ClFN4O5S/c1-6-29(4)14-22(30(5)16(2)9-11-31(17(3)25(29)40)12-10-21(38)24(30)31)42-23(39)15-43-28-35-27(34)37(36-28)26(41)19-8-7-18(33)13-20(19)32/h6-8,13,16-17,22,24-25,40H,1,9-12,14-15H2,2-5H3,(H2,34,35,36)/t16-,17+,22-,24+,25+,29-,30+,31+/m1/s1. The normalized spacial score (nSPS) is 35.5. The number of aliphatic hydroxyl groups excluding tert-OH is 1. The van der Waals surface area contributed by atoms with E-state index in [2.05, 4.69) is 37.4 Å². The lowest BCUT2D eigenvalue weighted by Gasteiger charge is -2.61. The smallest absolute Gasteiger partial charge is 0.316 e. The van der Waals surface area contributed by atoms with E-state index < -0.39 is 40.7 Å². The number of anilines is 1. The predicted octanol–water partition coefficient (Wildman–Crippen LogP) is 5.34. The van der Waals surface area contributed by atoms with Gasteiger partial charge in [-0.1, -0.05) is 57.1 Å². The predicted molar refractivity (Wildman–Crippen MR) is 161 cm³/mol. The summed E-state index contributed by atoms with van der Waals surface area (Å²) in [7, 11) is 0. The number of Topliss-reactive ketones (excluding diaryl/α,β-unsaturated/α-hetero) is 1. The lowest BCUT2D eigenvalue weighted by molar-refractivity contribution is -0.205. The number of esters is 1. The van der Waals surface area contributed by atoms with E-state index in [4.69, 9.17) is 22.1 Å². The Labute approximate surface area is 259 Å². The molecule has 9 nitrogen and oxygen atoms in total. The van der Waals surface area contributed by atoms with Crippen molar-refractivity contribution in [1.82, 2.24) is 14.8 Å². The minimum Gasteiger partial charge on any atom is -0.461 e. The van der Waals surface area contributed by atoms with Gasteiger partial charge in [0.25, 0.3) is 5.91 Å². The van der Waals surface area contributed by atoms with E-state index >= 15 is 0 Å². The molecule has 3 fully saturated rings. The van der Waals surface area contributed by atoms with Crippen molar-refractivity contribution in [2.45, 2.75) is 77.2 Å². The number of rotatable bonds is 6. The number of thioether (sulfide) groups is 1. The maximum atomic E-state index is 13.6. The number of benzene rings is 1. The molecule has 0 radical (unpaired) electrons. The van der Waals surface area contributed by atoms with Crippen LogP contribution in [-0.4, -0.2) is 55.5 Å². The van der Waals surface area contributed by atoms with Crippen LogP contribution in [0, 0.1) is 39.8 Å². The fourth-order valence-corrected chi connectivity index (χ4v) is 8.97. The zero-order chi connectivity index (χ0) is 31.5. The molecule has 5 rings (SSSR count). The number of carbonyl (C=O) groups is 3. The molecule has 0 amide bonds. The molecule has 0 aliphatic heterocycles. The molecule has 2 aromatic rings. The largest absolute Gasteiger partial charge is 0.461 e. The van der Waals surface area contributed by atoms with Gasteiger partial charge in [-0.25, -0.2) is 4.39 Å². The Hall–Kier alpha value is -2.76. The first-order valence-corrected chi connectivity index (χ1v) is 15.9. The number of aliphatic hydroxyl groups is 1. The number of ketones is 1. The summed E-state index contributed by atoms with van der Waals surface area (Å²) in [5.41, 5.74) is 4.18. The van der Waals surface area contributed by atoms with Crippen LogP contribution in [0.3, 0.4) is 0 Å². The quantitative estimate of drug-likeness (QED) is 0.245. The molecule has 8 atom stereocenters. The first-order chi connectivity index (χ1) is 20.2. The van der Waals surface area contributed by atoms with Crippen molar-refractivity contribution in [1.29, 1.82) is 0 Å². The van der Waals surface area contributed by atoms with Gasteiger partial charge in [0.2, 0.25) is 11.1 Å². The van der Waals surface area contributed by atoms with E-state index in [1.54, 1.807) is 6.08 Å². The Morgan fingerprint density at radius 3 is 2.72 bits per heavy atom. The Balaban J connectivity index is 1.38. The second kappa shape index (κ2) is 11.3. The van der Waals surface area contributed by atoms with Crippen LogP contribution in [0.15, 0.2) is 36.0 Å². The van der Waals surface area contributed by atoms with Gasteiger partial charge < -0.3 is 15.6 Å². The Bertz CT molecular complexity index is 1490. The van der Waals surface area contributed by atoms with Crippen LogP contribution in [0.5, 0.6) is 0 Å². The average Bonchev–Trinajstić information content (AvgIpc) is 3.52. The van der Waals surface area contributed by atoms with Crippen molar-refractivity contribution >= 4 is 47.0 Å². The summed E-state index contributed by atoms with van der Waals surface area (Å²) in [4.78, 5) is 44.0. The van der Waals surface area contributed by atoms with Crippen LogP contribution in [0.4, 0.5) is 10.3 Å². The molecule has 0 saturated heterocycles. The van der Waals surface area contributed by atoms with E-state index in [-0.39, 0.29) is 56.4 Å². The van der Waals surface area contributed by atoms with Gasteiger partial charge in [0, 0.05) is 23.2 Å². The van der Waals surface area contributed by atoms with E-state index in [0.717, 1.165) is 47.8 Å². The molecule has 1 aromatic carbocycles. The van der Waals surface area contributed by atoms with Crippen LogP contribution < -0.4 is 5.73 Å². The molecule has 3 saturated carbocycles. The molecule has 43 heavy (non-hydrogen) atoms. The van der Waals surface area contributed by atoms with Gasteiger partial charge in [-0.05, 0) is 61.1 Å². The molecule has 0 spiro atoms. The molecule has 3 N–H and O–H groups in total. The maximum Gasteiger partial charge on any atom is 0.316 e. The van der Waals surface area contributed by atoms with Crippen LogP contribution >= 0.6 is 23.4 Å². The number of hydrogen-bond acceptors (Lipinski definition) is 9. The summed E-state index contributed by atoms with van der Waals surface area (Å²) < 4.78 is 20.5. The third kappa shape index (κ3) is 5.11. The molecule has 3 aliphatic carbocycles. The van der Waals surface area contributed by atoms with Crippen molar-refractivity contribution in [3.8, 4) is 0 Å². The van der Waals surface area contributed by atoms with Crippen LogP contribution in [0.2, 0.25) is 5.02 Å². The number of nitrogens with two attached hydrogens (primary N) is 1. The Kier molecular flexibility index (Phi) is 8.32. The van der Waals surface area contributed by atoms with Gasteiger partial charge >= 0.3 is 5.97 Å². The zero-order valence-electron chi connectivity index (χ0n) is 24.8. The summed E-state index contributed by atoms with van der Waals surface area (Å²) in [5, 5.41) is 15.8. The number of ether oxygens (including phenoxy) is 1. The molecule has 2 bridgehead atoms. The van der Waals surface area contributed by atoms with Gasteiger partial charge in [-0.2, -0.15) is 9.67 Å². The number of nitrogen functional groups attached to an aromatic ring is 1. The van der Waals surface area contributed by atoms with Gasteiger partial charge in [-0.15, -0.1) is 11.7 Å². The van der Waals surface area contributed by atoms with E-state index in [1.807, 2.05) is 6.92 Å². The van der Waals surface area contributed by atoms with Crippen LogP contribution in [-0.2, 0) is 14.3 Å². The minimum atomic E-state index is -0.754. The summed E-state index contributed by atoms with van der Waals surface area (Å²) in [6.45, 7) is 12.2. The molecule has 1 aromatic heterocycles. The Morgan fingerprint density at radius 2 is 2.05 bits per heavy atom. The first-order valence-electron chi connectivity index (χ1n) is 14.6. The topological polar surface area (TPSA) is 137 Å². The van der Waals surface area contributed by atoms with Crippen molar-refractivity contribution in [2.24, 2.45) is 34.0 Å². The van der Waals surface area contributed by atoms with Crippen LogP contribution in [0.1, 0.15) is 70.2 Å². The second-order valence-electron chi connectivity index (χ2n) is 12.9. The highest BCUT2D eigenvalue weighted by Gasteiger charge is 2.68. The summed E-state index contributed by atoms with van der Waals surface area (Å²) >= 11 is 6.98. The van der Waals surface area contributed by atoms with Crippen molar-refractivity contribution < 1.29 is 28.6 Å². The molecular formula is C31H38ClFN4O5S. The van der Waals surface area contributed by atoms with Crippen molar-refractivity contribution in [3.63, 3.8) is 0 Å². The van der Waals surface area contributed by atoms with E-state index in [1.165, 1.54) is 6.07 Å².